The summed E-state index contributed by atoms with van der Waals surface area (Å²) in [5.74, 6) is 0.805. The van der Waals surface area contributed by atoms with Crippen molar-refractivity contribution in [3.05, 3.63) is 88.7 Å². The molecule has 0 amide bonds. The number of Topliss-reactive ketones (excluding diaryl/α,β-unsaturated/α-hetero) is 1. The minimum atomic E-state index is 0.0418. The van der Waals surface area contributed by atoms with Crippen LogP contribution in [0.5, 0.6) is 5.75 Å². The molecule has 0 spiro atoms. The summed E-state index contributed by atoms with van der Waals surface area (Å²) in [6.07, 6.45) is 3.52. The molecule has 3 nitrogen and oxygen atoms in total. The average Bonchev–Trinajstić information content (AvgIpc) is 2.69. The van der Waals surface area contributed by atoms with Crippen LogP contribution < -0.4 is 0 Å². The smallest absolute Gasteiger partial charge is 0.191 e. The van der Waals surface area contributed by atoms with E-state index < -0.39 is 0 Å². The standard InChI is InChI=1S/C23H23NO2S/c1-16-12-19(13-17(2)23(16)26)9-8-18-10-11-21(24-14-18)22(25)15-27-20-6-4-3-5-7-20/h3-7,10-14,26H,8-9,15H2,1-2H3. The van der Waals surface area contributed by atoms with Crippen molar-refractivity contribution in [2.24, 2.45) is 0 Å². The molecular formula is C23H23NO2S. The number of ketones is 1. The van der Waals surface area contributed by atoms with E-state index in [1.54, 1.807) is 6.20 Å². The highest BCUT2D eigenvalue weighted by molar-refractivity contribution is 8.00. The molecular weight excluding hydrogens is 354 g/mol. The summed E-state index contributed by atoms with van der Waals surface area (Å²) in [6, 6.07) is 17.7. The maximum atomic E-state index is 12.3. The van der Waals surface area contributed by atoms with Crippen LogP contribution >= 0.6 is 11.8 Å². The van der Waals surface area contributed by atoms with Crippen LogP contribution in [0, 0.1) is 13.8 Å². The molecule has 3 rings (SSSR count). The second-order valence-corrected chi connectivity index (χ2v) is 7.70. The monoisotopic (exact) mass is 377 g/mol. The Labute approximate surface area is 164 Å². The van der Waals surface area contributed by atoms with E-state index in [2.05, 4.69) is 4.98 Å². The number of rotatable bonds is 7. The third-order valence-corrected chi connectivity index (χ3v) is 5.49. The van der Waals surface area contributed by atoms with E-state index in [1.165, 1.54) is 17.3 Å². The van der Waals surface area contributed by atoms with Crippen molar-refractivity contribution in [2.75, 3.05) is 5.75 Å². The Kier molecular flexibility index (Phi) is 6.30. The van der Waals surface area contributed by atoms with Crippen LogP contribution in [0.4, 0.5) is 0 Å². The highest BCUT2D eigenvalue weighted by Gasteiger charge is 2.09. The minimum Gasteiger partial charge on any atom is -0.507 e. The van der Waals surface area contributed by atoms with Crippen LogP contribution in [0.2, 0.25) is 0 Å². The summed E-state index contributed by atoms with van der Waals surface area (Å²) >= 11 is 1.53. The third kappa shape index (κ3) is 5.20. The number of nitrogens with zero attached hydrogens (tertiary/aromatic N) is 1. The zero-order chi connectivity index (χ0) is 19.2. The van der Waals surface area contributed by atoms with Gasteiger partial charge in [-0.25, -0.2) is 0 Å². The van der Waals surface area contributed by atoms with Gasteiger partial charge in [0.25, 0.3) is 0 Å². The molecule has 4 heteroatoms. The predicted molar refractivity (Wildman–Crippen MR) is 111 cm³/mol. The second kappa shape index (κ2) is 8.87. The van der Waals surface area contributed by atoms with Crippen molar-refractivity contribution in [1.82, 2.24) is 4.98 Å². The number of benzene rings is 2. The lowest BCUT2D eigenvalue weighted by Crippen LogP contribution is -2.05. The Morgan fingerprint density at radius 1 is 0.963 bits per heavy atom. The minimum absolute atomic E-state index is 0.0418. The Morgan fingerprint density at radius 3 is 2.26 bits per heavy atom. The van der Waals surface area contributed by atoms with Gasteiger partial charge in [0, 0.05) is 11.1 Å². The molecule has 0 atom stereocenters. The first kappa shape index (κ1) is 19.2. The van der Waals surface area contributed by atoms with Crippen molar-refractivity contribution in [2.45, 2.75) is 31.6 Å². The Morgan fingerprint density at radius 2 is 1.63 bits per heavy atom. The van der Waals surface area contributed by atoms with E-state index in [9.17, 15) is 9.90 Å². The normalized spacial score (nSPS) is 10.7. The summed E-state index contributed by atoms with van der Waals surface area (Å²) in [7, 11) is 0. The zero-order valence-corrected chi connectivity index (χ0v) is 16.4. The molecule has 1 heterocycles. The molecule has 0 aliphatic heterocycles. The van der Waals surface area contributed by atoms with Crippen LogP contribution in [0.1, 0.15) is 32.7 Å². The van der Waals surface area contributed by atoms with Crippen LogP contribution in [0.25, 0.3) is 0 Å². The molecule has 0 radical (unpaired) electrons. The van der Waals surface area contributed by atoms with Gasteiger partial charge >= 0.3 is 0 Å². The van der Waals surface area contributed by atoms with Gasteiger partial charge in [0.15, 0.2) is 5.78 Å². The van der Waals surface area contributed by atoms with Gasteiger partial charge in [-0.1, -0.05) is 36.4 Å². The molecule has 0 aliphatic rings. The molecule has 2 aromatic carbocycles. The Bertz CT molecular complexity index is 898. The molecule has 0 unspecified atom stereocenters. The topological polar surface area (TPSA) is 50.2 Å². The van der Waals surface area contributed by atoms with Gasteiger partial charge in [-0.3, -0.25) is 9.78 Å². The fourth-order valence-corrected chi connectivity index (χ4v) is 3.75. The fourth-order valence-electron chi connectivity index (χ4n) is 2.96. The highest BCUT2D eigenvalue weighted by atomic mass is 32.2. The maximum Gasteiger partial charge on any atom is 0.191 e. The second-order valence-electron chi connectivity index (χ2n) is 6.65. The van der Waals surface area contributed by atoms with E-state index in [4.69, 9.17) is 0 Å². The summed E-state index contributed by atoms with van der Waals surface area (Å²) < 4.78 is 0. The Hall–Kier alpha value is -2.59. The molecule has 0 fully saturated rings. The first-order chi connectivity index (χ1) is 13.0. The van der Waals surface area contributed by atoms with Gasteiger partial charge in [-0.05, 0) is 67.1 Å². The van der Waals surface area contributed by atoms with Crippen LogP contribution in [0.15, 0.2) is 65.7 Å². The van der Waals surface area contributed by atoms with Crippen LogP contribution in [-0.2, 0) is 12.8 Å². The lowest BCUT2D eigenvalue weighted by atomic mass is 10.0. The van der Waals surface area contributed by atoms with Crippen molar-refractivity contribution < 1.29 is 9.90 Å². The number of aryl methyl sites for hydroxylation is 4. The van der Waals surface area contributed by atoms with Gasteiger partial charge < -0.3 is 5.11 Å². The zero-order valence-electron chi connectivity index (χ0n) is 15.6. The molecule has 0 saturated carbocycles. The van der Waals surface area contributed by atoms with Crippen LogP contribution in [0.3, 0.4) is 0 Å². The van der Waals surface area contributed by atoms with Gasteiger partial charge in [0.05, 0.1) is 5.75 Å². The van der Waals surface area contributed by atoms with Crippen molar-refractivity contribution in [3.63, 3.8) is 0 Å². The molecule has 0 aliphatic carbocycles. The van der Waals surface area contributed by atoms with E-state index in [0.29, 0.717) is 17.2 Å². The number of pyridine rings is 1. The number of aromatic nitrogens is 1. The quantitative estimate of drug-likeness (QED) is 0.456. The van der Waals surface area contributed by atoms with Gasteiger partial charge in [0.2, 0.25) is 0 Å². The lowest BCUT2D eigenvalue weighted by Gasteiger charge is -2.08. The van der Waals surface area contributed by atoms with E-state index >= 15 is 0 Å². The summed E-state index contributed by atoms with van der Waals surface area (Å²) in [6.45, 7) is 3.84. The number of phenols is 1. The van der Waals surface area contributed by atoms with Gasteiger partial charge in [-0.2, -0.15) is 0 Å². The number of carbonyl (C=O) groups excluding carboxylic acids is 1. The first-order valence-electron chi connectivity index (χ1n) is 8.98. The molecule has 0 bridgehead atoms. The van der Waals surface area contributed by atoms with Gasteiger partial charge in [-0.15, -0.1) is 11.8 Å². The number of carbonyl (C=O) groups is 1. The highest BCUT2D eigenvalue weighted by Crippen LogP contribution is 2.24. The number of thioether (sulfide) groups is 1. The number of hydrogen-bond acceptors (Lipinski definition) is 4. The lowest BCUT2D eigenvalue weighted by molar-refractivity contribution is 0.101. The summed E-state index contributed by atoms with van der Waals surface area (Å²) in [5.41, 5.74) is 4.62. The molecule has 27 heavy (non-hydrogen) atoms. The van der Waals surface area contributed by atoms with Gasteiger partial charge in [0.1, 0.15) is 11.4 Å². The first-order valence-corrected chi connectivity index (χ1v) is 9.96. The molecule has 0 saturated heterocycles. The Balaban J connectivity index is 1.56. The average molecular weight is 378 g/mol. The molecule has 138 valence electrons. The van der Waals surface area contributed by atoms with E-state index in [0.717, 1.165) is 34.4 Å². The molecule has 1 aromatic heterocycles. The molecule has 3 aromatic rings. The van der Waals surface area contributed by atoms with Crippen molar-refractivity contribution >= 4 is 17.5 Å². The number of aromatic hydroxyl groups is 1. The van der Waals surface area contributed by atoms with E-state index in [1.807, 2.05) is 68.4 Å². The van der Waals surface area contributed by atoms with Crippen molar-refractivity contribution in [1.29, 1.82) is 0 Å². The number of phenolic OH excluding ortho intramolecular Hbond substituents is 1. The predicted octanol–water partition coefficient (Wildman–Crippen LogP) is 5.16. The fraction of sp³-hybridized carbons (Fsp3) is 0.217. The summed E-state index contributed by atoms with van der Waals surface area (Å²) in [5, 5.41) is 9.87. The van der Waals surface area contributed by atoms with E-state index in [-0.39, 0.29) is 5.78 Å². The number of hydrogen-bond donors (Lipinski definition) is 1. The maximum absolute atomic E-state index is 12.3. The SMILES string of the molecule is Cc1cc(CCc2ccc(C(=O)CSc3ccccc3)nc2)cc(C)c1O. The third-order valence-electron chi connectivity index (χ3n) is 4.48. The summed E-state index contributed by atoms with van der Waals surface area (Å²) in [4.78, 5) is 17.7. The largest absolute Gasteiger partial charge is 0.507 e. The molecule has 1 N–H and O–H groups in total. The van der Waals surface area contributed by atoms with Crippen LogP contribution in [-0.4, -0.2) is 21.6 Å². The van der Waals surface area contributed by atoms with Crippen molar-refractivity contribution in [3.8, 4) is 5.75 Å².